The molecule has 0 bridgehead atoms. The molecule has 0 aromatic heterocycles. The minimum atomic E-state index is -1.30. The molecule has 4 amide bonds. The molecule has 0 spiro atoms. The van der Waals surface area contributed by atoms with Gasteiger partial charge in [0.1, 0.15) is 12.1 Å². The van der Waals surface area contributed by atoms with Crippen molar-refractivity contribution in [2.75, 3.05) is 12.3 Å². The number of amides is 4. The van der Waals surface area contributed by atoms with Crippen LogP contribution >= 0.6 is 12.6 Å². The number of hydrogen-bond acceptors (Lipinski definition) is 7. The monoisotopic (exact) mass is 453 g/mol. The smallest absolute Gasteiger partial charge is 0.327 e. The number of rotatable bonds is 13. The summed E-state index contributed by atoms with van der Waals surface area (Å²) in [5.74, 6) is -4.27. The van der Waals surface area contributed by atoms with Gasteiger partial charge in [-0.05, 0) is 18.4 Å². The van der Waals surface area contributed by atoms with Crippen LogP contribution in [0.2, 0.25) is 0 Å². The van der Waals surface area contributed by atoms with Gasteiger partial charge in [0.2, 0.25) is 23.6 Å². The van der Waals surface area contributed by atoms with Crippen LogP contribution in [0.5, 0.6) is 0 Å². The summed E-state index contributed by atoms with van der Waals surface area (Å²) in [7, 11) is 0. The van der Waals surface area contributed by atoms with Crippen LogP contribution in [0.3, 0.4) is 0 Å². The first kappa shape index (κ1) is 25.9. The SMILES string of the molecule is NC(=O)CCC(NC(=O)CNC(=O)C(N)Cc1ccccc1)C(=O)NC(CS)C(=O)O. The Morgan fingerprint density at radius 1 is 1.00 bits per heavy atom. The summed E-state index contributed by atoms with van der Waals surface area (Å²) < 4.78 is 0. The summed E-state index contributed by atoms with van der Waals surface area (Å²) in [6.45, 7) is -0.462. The minimum Gasteiger partial charge on any atom is -0.480 e. The fourth-order valence-electron chi connectivity index (χ4n) is 2.52. The Hall–Kier alpha value is -3.12. The molecule has 0 aliphatic heterocycles. The molecule has 12 heteroatoms. The van der Waals surface area contributed by atoms with Crippen molar-refractivity contribution in [1.82, 2.24) is 16.0 Å². The highest BCUT2D eigenvalue weighted by molar-refractivity contribution is 7.80. The predicted octanol–water partition coefficient (Wildman–Crippen LogP) is -2.08. The molecule has 170 valence electrons. The Morgan fingerprint density at radius 3 is 2.19 bits per heavy atom. The number of primary amides is 1. The number of thiol groups is 1. The quantitative estimate of drug-likeness (QED) is 0.166. The largest absolute Gasteiger partial charge is 0.480 e. The Morgan fingerprint density at radius 2 is 1.65 bits per heavy atom. The highest BCUT2D eigenvalue weighted by Crippen LogP contribution is 2.02. The van der Waals surface area contributed by atoms with Crippen LogP contribution in [-0.4, -0.2) is 65.1 Å². The number of carboxylic acid groups (broad SMARTS) is 1. The normalized spacial score (nSPS) is 13.4. The van der Waals surface area contributed by atoms with Crippen molar-refractivity contribution >= 4 is 42.2 Å². The number of carboxylic acids is 1. The van der Waals surface area contributed by atoms with Gasteiger partial charge in [-0.3, -0.25) is 19.2 Å². The van der Waals surface area contributed by atoms with Gasteiger partial charge in [0.15, 0.2) is 0 Å². The van der Waals surface area contributed by atoms with Crippen molar-refractivity contribution in [3.8, 4) is 0 Å². The molecular weight excluding hydrogens is 426 g/mol. The number of carbonyl (C=O) groups is 5. The third-order valence-electron chi connectivity index (χ3n) is 4.19. The molecule has 0 heterocycles. The van der Waals surface area contributed by atoms with Crippen molar-refractivity contribution < 1.29 is 29.1 Å². The van der Waals surface area contributed by atoms with Gasteiger partial charge in [-0.15, -0.1) is 0 Å². The van der Waals surface area contributed by atoms with Crippen LogP contribution in [0.4, 0.5) is 0 Å². The third kappa shape index (κ3) is 9.96. The van der Waals surface area contributed by atoms with Gasteiger partial charge in [0.05, 0.1) is 12.6 Å². The Bertz CT molecular complexity index is 791. The van der Waals surface area contributed by atoms with Crippen molar-refractivity contribution in [2.24, 2.45) is 11.5 Å². The lowest BCUT2D eigenvalue weighted by Crippen LogP contribution is -2.54. The van der Waals surface area contributed by atoms with Gasteiger partial charge in [-0.2, -0.15) is 12.6 Å². The van der Waals surface area contributed by atoms with Gasteiger partial charge in [0, 0.05) is 12.2 Å². The van der Waals surface area contributed by atoms with Crippen molar-refractivity contribution in [1.29, 1.82) is 0 Å². The maximum absolute atomic E-state index is 12.3. The zero-order valence-corrected chi connectivity index (χ0v) is 17.6. The van der Waals surface area contributed by atoms with Crippen LogP contribution in [0.1, 0.15) is 18.4 Å². The first-order valence-electron chi connectivity index (χ1n) is 9.43. The summed E-state index contributed by atoms with van der Waals surface area (Å²) in [5.41, 5.74) is 11.8. The first-order valence-corrected chi connectivity index (χ1v) is 10.1. The fourth-order valence-corrected chi connectivity index (χ4v) is 2.77. The molecular formula is C19H27N5O6S. The lowest BCUT2D eigenvalue weighted by molar-refractivity contribution is -0.141. The number of hydrogen-bond donors (Lipinski definition) is 7. The van der Waals surface area contributed by atoms with E-state index in [0.29, 0.717) is 0 Å². The molecule has 3 unspecified atom stereocenters. The molecule has 0 aliphatic rings. The van der Waals surface area contributed by atoms with Gasteiger partial charge >= 0.3 is 5.97 Å². The van der Waals surface area contributed by atoms with E-state index in [2.05, 4.69) is 28.6 Å². The molecule has 1 aromatic carbocycles. The van der Waals surface area contributed by atoms with Gasteiger partial charge in [-0.25, -0.2) is 4.79 Å². The molecule has 0 fully saturated rings. The van der Waals surface area contributed by atoms with Crippen LogP contribution in [0, 0.1) is 0 Å². The number of benzene rings is 1. The third-order valence-corrected chi connectivity index (χ3v) is 4.55. The van der Waals surface area contributed by atoms with E-state index in [1.165, 1.54) is 0 Å². The van der Waals surface area contributed by atoms with Gasteiger partial charge in [-0.1, -0.05) is 30.3 Å². The number of carbonyl (C=O) groups excluding carboxylic acids is 4. The van der Waals surface area contributed by atoms with E-state index in [1.807, 2.05) is 30.3 Å². The molecule has 3 atom stereocenters. The number of nitrogens with one attached hydrogen (secondary N) is 3. The minimum absolute atomic E-state index is 0.146. The average Bonchev–Trinajstić information content (AvgIpc) is 2.73. The molecule has 31 heavy (non-hydrogen) atoms. The second kappa shape index (κ2) is 13.2. The van der Waals surface area contributed by atoms with Crippen LogP contribution in [0.15, 0.2) is 30.3 Å². The molecule has 0 saturated heterocycles. The van der Waals surface area contributed by atoms with Crippen LogP contribution in [-0.2, 0) is 30.4 Å². The molecule has 1 rings (SSSR count). The molecule has 8 N–H and O–H groups in total. The van der Waals surface area contributed by atoms with E-state index in [1.54, 1.807) is 0 Å². The van der Waals surface area contributed by atoms with E-state index in [-0.39, 0.29) is 25.0 Å². The van der Waals surface area contributed by atoms with Crippen molar-refractivity contribution in [3.63, 3.8) is 0 Å². The van der Waals surface area contributed by atoms with E-state index in [0.717, 1.165) is 5.56 Å². The lowest BCUT2D eigenvalue weighted by Gasteiger charge is -2.20. The Labute approximate surface area is 184 Å². The molecule has 0 aliphatic carbocycles. The van der Waals surface area contributed by atoms with E-state index in [9.17, 15) is 24.0 Å². The summed E-state index contributed by atoms with van der Waals surface area (Å²) in [4.78, 5) is 58.7. The summed E-state index contributed by atoms with van der Waals surface area (Å²) in [6.07, 6.45) is -0.0865. The lowest BCUT2D eigenvalue weighted by atomic mass is 10.1. The zero-order valence-electron chi connectivity index (χ0n) is 16.7. The Balaban J connectivity index is 2.62. The number of aliphatic carboxylic acids is 1. The first-order chi connectivity index (χ1) is 14.6. The van der Waals surface area contributed by atoms with Crippen LogP contribution in [0.25, 0.3) is 0 Å². The van der Waals surface area contributed by atoms with E-state index < -0.39 is 54.3 Å². The standard InChI is InChI=1S/C19H27N5O6S/c20-12(8-11-4-2-1-3-5-11)17(27)22-9-16(26)23-13(6-7-15(21)25)18(28)24-14(10-31)19(29)30/h1-5,12-14,31H,6-10,20H2,(H2,21,25)(H,22,27)(H,23,26)(H,24,28)(H,29,30). The van der Waals surface area contributed by atoms with Crippen molar-refractivity contribution in [3.05, 3.63) is 35.9 Å². The Kier molecular flexibility index (Phi) is 11.1. The maximum atomic E-state index is 12.3. The van der Waals surface area contributed by atoms with Crippen LogP contribution < -0.4 is 27.4 Å². The van der Waals surface area contributed by atoms with Crippen molar-refractivity contribution in [2.45, 2.75) is 37.4 Å². The second-order valence-electron chi connectivity index (χ2n) is 6.72. The topological polar surface area (TPSA) is 194 Å². The van der Waals surface area contributed by atoms with Gasteiger partial charge < -0.3 is 32.5 Å². The van der Waals surface area contributed by atoms with Gasteiger partial charge in [0.25, 0.3) is 0 Å². The summed E-state index contributed by atoms with van der Waals surface area (Å²) in [5, 5.41) is 16.0. The zero-order chi connectivity index (χ0) is 23.4. The molecule has 0 radical (unpaired) electrons. The summed E-state index contributed by atoms with van der Waals surface area (Å²) in [6, 6.07) is 5.71. The fraction of sp³-hybridized carbons (Fsp3) is 0.421. The second-order valence-corrected chi connectivity index (χ2v) is 7.09. The average molecular weight is 454 g/mol. The van der Waals surface area contributed by atoms with E-state index in [4.69, 9.17) is 16.6 Å². The molecule has 0 saturated carbocycles. The predicted molar refractivity (Wildman–Crippen MR) is 115 cm³/mol. The molecule has 1 aromatic rings. The maximum Gasteiger partial charge on any atom is 0.327 e. The summed E-state index contributed by atoms with van der Waals surface area (Å²) >= 11 is 3.85. The molecule has 11 nitrogen and oxygen atoms in total. The highest BCUT2D eigenvalue weighted by Gasteiger charge is 2.26. The highest BCUT2D eigenvalue weighted by atomic mass is 32.1. The van der Waals surface area contributed by atoms with E-state index >= 15 is 0 Å². The number of nitrogens with two attached hydrogens (primary N) is 2.